The lowest BCUT2D eigenvalue weighted by Crippen LogP contribution is -2.48. The van der Waals surface area contributed by atoms with Gasteiger partial charge in [0.05, 0.1) is 6.54 Å². The molecule has 2 aromatic rings. The van der Waals surface area contributed by atoms with E-state index in [-0.39, 0.29) is 5.91 Å². The zero-order valence-electron chi connectivity index (χ0n) is 17.3. The smallest absolute Gasteiger partial charge is 0.238 e. The summed E-state index contributed by atoms with van der Waals surface area (Å²) in [7, 11) is 0. The fourth-order valence-electron chi connectivity index (χ4n) is 4.10. The Morgan fingerprint density at radius 2 is 1.69 bits per heavy atom. The number of amides is 1. The predicted octanol–water partition coefficient (Wildman–Crippen LogP) is 3.08. The van der Waals surface area contributed by atoms with Crippen molar-refractivity contribution in [3.8, 4) is 0 Å². The Hall–Kier alpha value is -2.60. The zero-order valence-corrected chi connectivity index (χ0v) is 17.3. The first-order valence-corrected chi connectivity index (χ1v) is 10.7. The first-order valence-electron chi connectivity index (χ1n) is 10.7. The maximum atomic E-state index is 12.5. The minimum Gasteiger partial charge on any atom is -0.372 e. The van der Waals surface area contributed by atoms with Gasteiger partial charge in [-0.3, -0.25) is 9.69 Å². The van der Waals surface area contributed by atoms with Gasteiger partial charge in [-0.1, -0.05) is 13.0 Å². The number of pyridine rings is 1. The lowest BCUT2D eigenvalue weighted by Gasteiger charge is -2.35. The maximum Gasteiger partial charge on any atom is 0.238 e. The highest BCUT2D eigenvalue weighted by Gasteiger charge is 2.20. The molecule has 2 saturated heterocycles. The molecule has 3 heterocycles. The van der Waals surface area contributed by atoms with E-state index in [1.807, 2.05) is 36.5 Å². The maximum absolute atomic E-state index is 12.5. The number of nitrogens with one attached hydrogen (secondary N) is 1. The van der Waals surface area contributed by atoms with Crippen LogP contribution in [0.1, 0.15) is 19.8 Å². The van der Waals surface area contributed by atoms with E-state index >= 15 is 0 Å². The van der Waals surface area contributed by atoms with E-state index < -0.39 is 0 Å². The molecule has 1 N–H and O–H groups in total. The van der Waals surface area contributed by atoms with Crippen molar-refractivity contribution in [2.75, 3.05) is 60.9 Å². The molecule has 2 aliphatic heterocycles. The number of nitrogens with zero attached hydrogens (tertiary/aromatic N) is 4. The third kappa shape index (κ3) is 5.26. The van der Waals surface area contributed by atoms with E-state index in [2.05, 4.69) is 44.1 Å². The molecular formula is C23H31N5O. The number of piperidine rings is 1. The molecule has 0 radical (unpaired) electrons. The van der Waals surface area contributed by atoms with Gasteiger partial charge in [0.1, 0.15) is 5.82 Å². The van der Waals surface area contributed by atoms with Gasteiger partial charge >= 0.3 is 0 Å². The van der Waals surface area contributed by atoms with E-state index in [9.17, 15) is 4.79 Å². The number of hydrogen-bond acceptors (Lipinski definition) is 5. The van der Waals surface area contributed by atoms with Crippen LogP contribution < -0.4 is 15.1 Å². The Bertz CT molecular complexity index is 779. The van der Waals surface area contributed by atoms with Crippen LogP contribution in [-0.2, 0) is 4.79 Å². The summed E-state index contributed by atoms with van der Waals surface area (Å²) in [5.74, 6) is 1.89. The van der Waals surface area contributed by atoms with Crippen LogP contribution in [0.3, 0.4) is 0 Å². The van der Waals surface area contributed by atoms with Crippen molar-refractivity contribution in [1.82, 2.24) is 9.88 Å². The van der Waals surface area contributed by atoms with Crippen molar-refractivity contribution in [1.29, 1.82) is 0 Å². The highest BCUT2D eigenvalue weighted by Crippen LogP contribution is 2.24. The molecule has 0 spiro atoms. The molecule has 4 rings (SSSR count). The van der Waals surface area contributed by atoms with Crippen LogP contribution in [0.25, 0.3) is 0 Å². The van der Waals surface area contributed by atoms with Crippen LogP contribution in [0.2, 0.25) is 0 Å². The quantitative estimate of drug-likeness (QED) is 0.846. The summed E-state index contributed by atoms with van der Waals surface area (Å²) >= 11 is 0. The highest BCUT2D eigenvalue weighted by atomic mass is 16.2. The largest absolute Gasteiger partial charge is 0.372 e. The van der Waals surface area contributed by atoms with Crippen LogP contribution in [0.15, 0.2) is 48.7 Å². The fourth-order valence-corrected chi connectivity index (χ4v) is 4.10. The number of aromatic nitrogens is 1. The summed E-state index contributed by atoms with van der Waals surface area (Å²) in [4.78, 5) is 23.8. The number of hydrogen-bond donors (Lipinski definition) is 1. The Labute approximate surface area is 173 Å². The highest BCUT2D eigenvalue weighted by molar-refractivity contribution is 5.92. The van der Waals surface area contributed by atoms with Crippen molar-refractivity contribution in [3.05, 3.63) is 48.7 Å². The molecule has 6 heteroatoms. The Kier molecular flexibility index (Phi) is 6.30. The zero-order chi connectivity index (χ0) is 20.1. The molecule has 0 unspecified atom stereocenters. The predicted molar refractivity (Wildman–Crippen MR) is 119 cm³/mol. The summed E-state index contributed by atoms with van der Waals surface area (Å²) < 4.78 is 0. The lowest BCUT2D eigenvalue weighted by atomic mass is 9.99. The van der Waals surface area contributed by atoms with E-state index in [0.717, 1.165) is 56.7 Å². The second-order valence-corrected chi connectivity index (χ2v) is 8.22. The topological polar surface area (TPSA) is 51.7 Å². The Morgan fingerprint density at radius 3 is 2.34 bits per heavy atom. The van der Waals surface area contributed by atoms with Gasteiger partial charge in [-0.05, 0) is 55.2 Å². The van der Waals surface area contributed by atoms with Crippen LogP contribution >= 0.6 is 0 Å². The number of carbonyl (C=O) groups excluding carboxylic acids is 1. The minimum absolute atomic E-state index is 0.0517. The van der Waals surface area contributed by atoms with Gasteiger partial charge in [-0.15, -0.1) is 0 Å². The number of benzene rings is 1. The van der Waals surface area contributed by atoms with Crippen molar-refractivity contribution in [2.24, 2.45) is 5.92 Å². The van der Waals surface area contributed by atoms with Crippen molar-refractivity contribution < 1.29 is 4.79 Å². The average Bonchev–Trinajstić information content (AvgIpc) is 2.76. The van der Waals surface area contributed by atoms with Gasteiger partial charge < -0.3 is 15.1 Å². The monoisotopic (exact) mass is 393 g/mol. The molecule has 0 aliphatic carbocycles. The molecule has 1 aromatic carbocycles. The molecule has 2 fully saturated rings. The van der Waals surface area contributed by atoms with E-state index in [1.165, 1.54) is 18.5 Å². The third-order valence-electron chi connectivity index (χ3n) is 6.01. The summed E-state index contributed by atoms with van der Waals surface area (Å²) in [5.41, 5.74) is 2.12. The standard InChI is InChI=1S/C23H31N5O/c1-19-9-12-27(13-10-19)21-7-5-20(6-8-21)25-23(29)18-26-14-16-28(17-15-26)22-4-2-3-11-24-22/h2-8,11,19H,9-10,12-18H2,1H3,(H,25,29). The molecule has 1 amide bonds. The average molecular weight is 394 g/mol. The summed E-state index contributed by atoms with van der Waals surface area (Å²) in [5, 5.41) is 3.04. The second-order valence-electron chi connectivity index (χ2n) is 8.22. The number of anilines is 3. The van der Waals surface area contributed by atoms with Crippen LogP contribution in [0.5, 0.6) is 0 Å². The lowest BCUT2D eigenvalue weighted by molar-refractivity contribution is -0.117. The fraction of sp³-hybridized carbons (Fsp3) is 0.478. The molecule has 2 aliphatic rings. The van der Waals surface area contributed by atoms with Crippen molar-refractivity contribution >= 4 is 23.1 Å². The first-order chi connectivity index (χ1) is 14.2. The summed E-state index contributed by atoms with van der Waals surface area (Å²) in [6.07, 6.45) is 4.34. The van der Waals surface area contributed by atoms with E-state index in [4.69, 9.17) is 0 Å². The van der Waals surface area contributed by atoms with Gasteiger partial charge in [-0.2, -0.15) is 0 Å². The molecule has 29 heavy (non-hydrogen) atoms. The molecular weight excluding hydrogens is 362 g/mol. The molecule has 0 atom stereocenters. The molecule has 0 bridgehead atoms. The normalized spacial score (nSPS) is 18.7. The van der Waals surface area contributed by atoms with Crippen molar-refractivity contribution in [2.45, 2.75) is 19.8 Å². The number of carbonyl (C=O) groups is 1. The minimum atomic E-state index is 0.0517. The molecule has 154 valence electrons. The second kappa shape index (κ2) is 9.27. The Balaban J connectivity index is 1.23. The van der Waals surface area contributed by atoms with Crippen LogP contribution in [-0.4, -0.2) is 61.6 Å². The van der Waals surface area contributed by atoms with Gasteiger partial charge in [0.2, 0.25) is 5.91 Å². The van der Waals surface area contributed by atoms with Gasteiger partial charge in [0.25, 0.3) is 0 Å². The van der Waals surface area contributed by atoms with Gasteiger partial charge in [0, 0.05) is 56.8 Å². The Morgan fingerprint density at radius 1 is 0.966 bits per heavy atom. The SMILES string of the molecule is CC1CCN(c2ccc(NC(=O)CN3CCN(c4ccccn4)CC3)cc2)CC1. The molecule has 0 saturated carbocycles. The first kappa shape index (κ1) is 19.7. The molecule has 6 nitrogen and oxygen atoms in total. The number of rotatable bonds is 5. The third-order valence-corrected chi connectivity index (χ3v) is 6.01. The summed E-state index contributed by atoms with van der Waals surface area (Å²) in [6.45, 7) is 8.54. The summed E-state index contributed by atoms with van der Waals surface area (Å²) in [6, 6.07) is 14.3. The van der Waals surface area contributed by atoms with Crippen LogP contribution in [0.4, 0.5) is 17.2 Å². The van der Waals surface area contributed by atoms with E-state index in [1.54, 1.807) is 0 Å². The van der Waals surface area contributed by atoms with Gasteiger partial charge in [-0.25, -0.2) is 4.98 Å². The van der Waals surface area contributed by atoms with Gasteiger partial charge in [0.15, 0.2) is 0 Å². The van der Waals surface area contributed by atoms with E-state index in [0.29, 0.717) is 6.54 Å². The number of piperazine rings is 1. The van der Waals surface area contributed by atoms with Crippen molar-refractivity contribution in [3.63, 3.8) is 0 Å². The van der Waals surface area contributed by atoms with Crippen LogP contribution in [0, 0.1) is 5.92 Å². The molecule has 1 aromatic heterocycles.